The summed E-state index contributed by atoms with van der Waals surface area (Å²) >= 11 is 12.1. The first-order valence-corrected chi connectivity index (χ1v) is 27.6. The fourth-order valence-electron chi connectivity index (χ4n) is 9.65. The van der Waals surface area contributed by atoms with Gasteiger partial charge >= 0.3 is 0 Å². The molecule has 0 atom stereocenters. The molecule has 14 rings (SSSR count). The van der Waals surface area contributed by atoms with E-state index in [1.54, 1.807) is 63.9 Å². The molecule has 0 saturated carbocycles. The third kappa shape index (κ3) is 12.0. The molecule has 22 heteroatoms. The first-order chi connectivity index (χ1) is 41.7. The average Bonchev–Trinajstić information content (AvgIpc) is 4.40. The zero-order valence-electron chi connectivity index (χ0n) is 44.7. The van der Waals surface area contributed by atoms with Crippen LogP contribution in [0.4, 0.5) is 10.3 Å². The van der Waals surface area contributed by atoms with Crippen LogP contribution in [-0.2, 0) is 13.2 Å². The molecule has 19 nitrogen and oxygen atoms in total. The molecule has 85 heavy (non-hydrogen) atoms. The van der Waals surface area contributed by atoms with Crippen molar-refractivity contribution < 1.29 is 28.1 Å². The molecule has 0 spiro atoms. The number of nitrogens with zero attached hydrogens (tertiary/aromatic N) is 14. The van der Waals surface area contributed by atoms with E-state index in [1.807, 2.05) is 115 Å². The zero-order chi connectivity index (χ0) is 57.6. The number of fused-ring (bicyclic) bond motifs is 4. The number of halogens is 3. The number of hydrogen-bond acceptors (Lipinski definition) is 17. The summed E-state index contributed by atoms with van der Waals surface area (Å²) in [5.41, 5.74) is 6.62. The van der Waals surface area contributed by atoms with Gasteiger partial charge in [-0.15, -0.1) is 20.4 Å². The number of hydrogen-bond donors (Lipinski definition) is 0. The van der Waals surface area contributed by atoms with Gasteiger partial charge < -0.3 is 23.8 Å². The molecule has 13 aromatic rings. The van der Waals surface area contributed by atoms with Crippen molar-refractivity contribution in [2.45, 2.75) is 32.2 Å². The normalized spacial score (nSPS) is 12.5. The van der Waals surface area contributed by atoms with Gasteiger partial charge in [0.2, 0.25) is 5.95 Å². The molecule has 0 N–H and O–H groups in total. The molecular formula is C63H45Cl2FN14O5. The minimum atomic E-state index is -0.615. The van der Waals surface area contributed by atoms with Crippen molar-refractivity contribution in [1.82, 2.24) is 64.5 Å². The van der Waals surface area contributed by atoms with Crippen molar-refractivity contribution >= 4 is 68.0 Å². The Balaban J connectivity index is 0.000000158. The number of benzene rings is 5. The molecule has 1 aliphatic rings. The molecule has 1 aliphatic heterocycles. The summed E-state index contributed by atoms with van der Waals surface area (Å²) in [4.78, 5) is 36.1. The van der Waals surface area contributed by atoms with Gasteiger partial charge in [0.25, 0.3) is 0 Å². The molecular weight excluding hydrogens is 1120 g/mol. The Kier molecular flexibility index (Phi) is 15.2. The first-order valence-electron chi connectivity index (χ1n) is 26.8. The lowest BCUT2D eigenvalue weighted by molar-refractivity contribution is 0.103. The summed E-state index contributed by atoms with van der Waals surface area (Å²) in [5, 5.41) is 28.8. The van der Waals surface area contributed by atoms with Crippen LogP contribution in [0.15, 0.2) is 195 Å². The topological polar surface area (TPSA) is 208 Å². The van der Waals surface area contributed by atoms with Gasteiger partial charge in [0.15, 0.2) is 28.7 Å². The Morgan fingerprint density at radius 2 is 1.11 bits per heavy atom. The van der Waals surface area contributed by atoms with Gasteiger partial charge in [-0.05, 0) is 91.0 Å². The van der Waals surface area contributed by atoms with E-state index in [9.17, 15) is 9.18 Å². The number of pyridine rings is 3. The minimum Gasteiger partial charge on any atom is -0.490 e. The largest absolute Gasteiger partial charge is 0.490 e. The SMILES string of the molecule is Clc1cc(Cl)nc(N2CCC(Oc3ccc4c(OCc5nnc6ccc(-c7ccccc7)nn56)ccnc4c3)CC2)n1.O=C(c1ccc(Oc2ccc3c(OCc4nnc5ccc(-c6ccccc6)nn45)ccnc3c2)cc1)c1cnccc1F. The molecule has 8 aromatic heterocycles. The molecule has 9 heterocycles. The highest BCUT2D eigenvalue weighted by Crippen LogP contribution is 2.33. The fourth-order valence-corrected chi connectivity index (χ4v) is 10.1. The number of ketones is 1. The maximum absolute atomic E-state index is 14.0. The van der Waals surface area contributed by atoms with Crippen LogP contribution in [0.2, 0.25) is 10.3 Å². The summed E-state index contributed by atoms with van der Waals surface area (Å²) in [6.45, 7) is 1.83. The van der Waals surface area contributed by atoms with E-state index in [1.165, 1.54) is 18.5 Å². The van der Waals surface area contributed by atoms with Gasteiger partial charge in [-0.25, -0.2) is 14.4 Å². The van der Waals surface area contributed by atoms with Crippen LogP contribution >= 0.6 is 23.2 Å². The monoisotopic (exact) mass is 1170 g/mol. The molecule has 1 saturated heterocycles. The number of rotatable bonds is 15. The van der Waals surface area contributed by atoms with E-state index in [0.29, 0.717) is 73.3 Å². The molecule has 5 aromatic carbocycles. The zero-order valence-corrected chi connectivity index (χ0v) is 46.2. The predicted molar refractivity (Wildman–Crippen MR) is 317 cm³/mol. The van der Waals surface area contributed by atoms with Gasteiger partial charge in [-0.1, -0.05) is 83.9 Å². The third-order valence-corrected chi connectivity index (χ3v) is 14.3. The van der Waals surface area contributed by atoms with Gasteiger partial charge in [0.05, 0.1) is 28.0 Å². The average molecular weight is 1170 g/mol. The molecule has 0 radical (unpaired) electrons. The summed E-state index contributed by atoms with van der Waals surface area (Å²) in [6.07, 6.45) is 7.59. The standard InChI is InChI=1S/C33H21FN6O3.C30H24Cl2N8O2/c34-27-14-16-35-19-26(27)33(41)22-6-8-23(9-7-22)43-24-10-11-25-29(18-24)36-17-15-30(25)42-20-32-38-37-31-13-12-28(39-40(31)32)21-4-2-1-3-5-21;31-26-17-27(32)35-30(34-26)39-14-11-20(12-15-39)42-21-6-7-22-24(16-21)33-13-10-25(22)41-18-29-37-36-28-9-8-23(38-40(28)29)19-4-2-1-3-5-19/h1-19H,20H2;1-10,13,16-17,20H,11-12,14-15,18H2. The lowest BCUT2D eigenvalue weighted by atomic mass is 10.0. The van der Waals surface area contributed by atoms with Crippen LogP contribution in [0.3, 0.4) is 0 Å². The smallest absolute Gasteiger partial charge is 0.228 e. The van der Waals surface area contributed by atoms with Crippen molar-refractivity contribution in [3.63, 3.8) is 0 Å². The molecule has 1 fully saturated rings. The fraction of sp³-hybridized carbons (Fsp3) is 0.111. The van der Waals surface area contributed by atoms with Crippen LogP contribution in [-0.4, -0.2) is 89.5 Å². The number of anilines is 1. The molecule has 0 aliphatic carbocycles. The number of carbonyl (C=O) groups is 1. The summed E-state index contributed by atoms with van der Waals surface area (Å²) < 4.78 is 42.1. The summed E-state index contributed by atoms with van der Waals surface area (Å²) in [5.74, 6) is 3.77. The lowest BCUT2D eigenvalue weighted by Gasteiger charge is -2.32. The Morgan fingerprint density at radius 1 is 0.565 bits per heavy atom. The van der Waals surface area contributed by atoms with Crippen molar-refractivity contribution in [3.8, 4) is 51.3 Å². The van der Waals surface area contributed by atoms with Crippen molar-refractivity contribution in [1.29, 1.82) is 0 Å². The Labute approximate surface area is 493 Å². The van der Waals surface area contributed by atoms with Crippen LogP contribution < -0.4 is 23.8 Å². The second-order valence-electron chi connectivity index (χ2n) is 19.4. The van der Waals surface area contributed by atoms with Crippen LogP contribution in [0, 0.1) is 5.82 Å². The predicted octanol–water partition coefficient (Wildman–Crippen LogP) is 12.5. The van der Waals surface area contributed by atoms with E-state index >= 15 is 0 Å². The maximum Gasteiger partial charge on any atom is 0.228 e. The Bertz CT molecular complexity index is 4540. The Hall–Kier alpha value is -10.6. The number of ether oxygens (including phenoxy) is 4. The van der Waals surface area contributed by atoms with Crippen molar-refractivity contribution in [2.24, 2.45) is 0 Å². The van der Waals surface area contributed by atoms with Crippen LogP contribution in [0.25, 0.3) is 55.6 Å². The highest BCUT2D eigenvalue weighted by molar-refractivity contribution is 6.33. The number of carbonyl (C=O) groups excluding carboxylic acids is 1. The summed E-state index contributed by atoms with van der Waals surface area (Å²) in [7, 11) is 0. The molecule has 0 unspecified atom stereocenters. The Morgan fingerprint density at radius 3 is 1.67 bits per heavy atom. The molecule has 0 bridgehead atoms. The third-order valence-electron chi connectivity index (χ3n) is 13.9. The first kappa shape index (κ1) is 53.7. The molecule has 418 valence electrons. The van der Waals surface area contributed by atoms with E-state index in [4.69, 9.17) is 52.3 Å². The number of piperidine rings is 1. The van der Waals surface area contributed by atoms with E-state index < -0.39 is 11.6 Å². The van der Waals surface area contributed by atoms with Gasteiger partial charge in [-0.2, -0.15) is 19.2 Å². The van der Waals surface area contributed by atoms with Crippen molar-refractivity contribution in [3.05, 3.63) is 234 Å². The second-order valence-corrected chi connectivity index (χ2v) is 20.2. The van der Waals surface area contributed by atoms with Gasteiger partial charge in [0, 0.05) is 96.4 Å². The van der Waals surface area contributed by atoms with E-state index in [-0.39, 0.29) is 24.9 Å². The minimum absolute atomic E-state index is 0.0577. The van der Waals surface area contributed by atoms with Gasteiger partial charge in [0.1, 0.15) is 64.2 Å². The summed E-state index contributed by atoms with van der Waals surface area (Å²) in [6, 6.07) is 51.6. The highest BCUT2D eigenvalue weighted by atomic mass is 35.5. The van der Waals surface area contributed by atoms with Crippen molar-refractivity contribution in [2.75, 3.05) is 18.0 Å². The number of aromatic nitrogens is 13. The maximum atomic E-state index is 14.0. The molecule has 0 amide bonds. The highest BCUT2D eigenvalue weighted by Gasteiger charge is 2.24. The quantitative estimate of drug-likeness (QED) is 0.0690. The van der Waals surface area contributed by atoms with E-state index in [0.717, 1.165) is 76.6 Å². The van der Waals surface area contributed by atoms with Crippen LogP contribution in [0.1, 0.15) is 40.4 Å². The second kappa shape index (κ2) is 24.1. The van der Waals surface area contributed by atoms with Crippen LogP contribution in [0.5, 0.6) is 28.7 Å². The van der Waals surface area contributed by atoms with Gasteiger partial charge in [-0.3, -0.25) is 19.7 Å². The lowest BCUT2D eigenvalue weighted by Crippen LogP contribution is -2.39. The van der Waals surface area contributed by atoms with E-state index in [2.05, 4.69) is 50.2 Å².